The highest BCUT2D eigenvalue weighted by Gasteiger charge is 2.31. The summed E-state index contributed by atoms with van der Waals surface area (Å²) in [5, 5.41) is 2.93. The lowest BCUT2D eigenvalue weighted by Crippen LogP contribution is -2.40. The van der Waals surface area contributed by atoms with E-state index < -0.39 is 10.0 Å². The number of benzene rings is 1. The van der Waals surface area contributed by atoms with Crippen LogP contribution in [0.4, 0.5) is 0 Å². The molecule has 0 aromatic heterocycles. The molecular weight excluding hydrogens is 336 g/mol. The van der Waals surface area contributed by atoms with Gasteiger partial charge in [-0.3, -0.25) is 4.79 Å². The summed E-state index contributed by atoms with van der Waals surface area (Å²) in [5.74, 6) is 0.748. The van der Waals surface area contributed by atoms with Crippen molar-refractivity contribution in [3.8, 4) is 0 Å². The van der Waals surface area contributed by atoms with Gasteiger partial charge in [-0.15, -0.1) is 0 Å². The molecule has 1 unspecified atom stereocenters. The van der Waals surface area contributed by atoms with Crippen molar-refractivity contribution in [1.82, 2.24) is 9.62 Å². The van der Waals surface area contributed by atoms with E-state index in [1.165, 1.54) is 0 Å². The molecule has 0 saturated carbocycles. The fraction of sp³-hybridized carbons (Fsp3) is 0.632. The highest BCUT2D eigenvalue weighted by molar-refractivity contribution is 7.89. The predicted molar refractivity (Wildman–Crippen MR) is 99.7 cm³/mol. The number of piperidine rings is 1. The van der Waals surface area contributed by atoms with Crippen LogP contribution in [0.5, 0.6) is 0 Å². The van der Waals surface area contributed by atoms with Gasteiger partial charge in [0.15, 0.2) is 0 Å². The highest BCUT2D eigenvalue weighted by Crippen LogP contribution is 2.27. The van der Waals surface area contributed by atoms with Crippen LogP contribution in [0.1, 0.15) is 45.1 Å². The Hall–Kier alpha value is -1.40. The first kappa shape index (κ1) is 19.9. The van der Waals surface area contributed by atoms with E-state index in [0.29, 0.717) is 36.9 Å². The molecule has 1 atom stereocenters. The molecule has 1 heterocycles. The fourth-order valence-corrected chi connectivity index (χ4v) is 4.99. The quantitative estimate of drug-likeness (QED) is 0.807. The van der Waals surface area contributed by atoms with Gasteiger partial charge < -0.3 is 5.32 Å². The molecule has 1 amide bonds. The molecule has 1 N–H and O–H groups in total. The summed E-state index contributed by atoms with van der Waals surface area (Å²) in [7, 11) is -3.45. The molecule has 0 bridgehead atoms. The molecule has 1 aromatic rings. The second kappa shape index (κ2) is 8.81. The number of carbonyl (C=O) groups is 1. The molecule has 140 valence electrons. The maximum absolute atomic E-state index is 12.9. The van der Waals surface area contributed by atoms with Crippen LogP contribution in [0.2, 0.25) is 0 Å². The number of nitrogens with zero attached hydrogens (tertiary/aromatic N) is 1. The average Bonchev–Trinajstić information content (AvgIpc) is 2.58. The molecular formula is C19H30N2O3S. The van der Waals surface area contributed by atoms with E-state index in [2.05, 4.69) is 19.2 Å². The van der Waals surface area contributed by atoms with Gasteiger partial charge in [-0.05, 0) is 49.7 Å². The van der Waals surface area contributed by atoms with Crippen LogP contribution in [-0.4, -0.2) is 38.3 Å². The number of rotatable bonds is 7. The predicted octanol–water partition coefficient (Wildman–Crippen LogP) is 2.95. The van der Waals surface area contributed by atoms with Crippen LogP contribution in [0.25, 0.3) is 0 Å². The number of aryl methyl sites for hydroxylation is 1. The van der Waals surface area contributed by atoms with Crippen LogP contribution < -0.4 is 5.32 Å². The molecule has 2 rings (SSSR count). The maximum Gasteiger partial charge on any atom is 0.243 e. The highest BCUT2D eigenvalue weighted by atomic mass is 32.2. The van der Waals surface area contributed by atoms with E-state index >= 15 is 0 Å². The van der Waals surface area contributed by atoms with Crippen molar-refractivity contribution in [3.63, 3.8) is 0 Å². The molecule has 1 fully saturated rings. The van der Waals surface area contributed by atoms with E-state index in [4.69, 9.17) is 0 Å². The van der Waals surface area contributed by atoms with Crippen molar-refractivity contribution in [2.75, 3.05) is 19.6 Å². The summed E-state index contributed by atoms with van der Waals surface area (Å²) in [6.07, 6.45) is 3.04. The van der Waals surface area contributed by atoms with Crippen LogP contribution in [0.3, 0.4) is 0 Å². The number of carbonyl (C=O) groups excluding carboxylic acids is 1. The van der Waals surface area contributed by atoms with Crippen molar-refractivity contribution in [2.24, 2.45) is 11.8 Å². The van der Waals surface area contributed by atoms with Crippen molar-refractivity contribution in [1.29, 1.82) is 0 Å². The zero-order chi connectivity index (χ0) is 18.4. The van der Waals surface area contributed by atoms with E-state index in [0.717, 1.165) is 24.8 Å². The van der Waals surface area contributed by atoms with E-state index in [1.807, 2.05) is 19.1 Å². The van der Waals surface area contributed by atoms with Gasteiger partial charge in [-0.1, -0.05) is 32.0 Å². The van der Waals surface area contributed by atoms with Crippen molar-refractivity contribution in [3.05, 3.63) is 29.8 Å². The van der Waals surface area contributed by atoms with Crippen LogP contribution in [0.15, 0.2) is 29.2 Å². The lowest BCUT2D eigenvalue weighted by molar-refractivity contribution is -0.121. The van der Waals surface area contributed by atoms with Gasteiger partial charge in [-0.2, -0.15) is 4.31 Å². The van der Waals surface area contributed by atoms with Gasteiger partial charge in [0.05, 0.1) is 4.90 Å². The Morgan fingerprint density at radius 1 is 1.32 bits per heavy atom. The Morgan fingerprint density at radius 2 is 2.04 bits per heavy atom. The van der Waals surface area contributed by atoms with E-state index in [-0.39, 0.29) is 11.8 Å². The molecule has 6 heteroatoms. The normalized spacial score (nSPS) is 19.1. The first-order valence-corrected chi connectivity index (χ1v) is 10.6. The largest absolute Gasteiger partial charge is 0.356 e. The minimum Gasteiger partial charge on any atom is -0.356 e. The Balaban J connectivity index is 1.94. The number of hydrogen-bond acceptors (Lipinski definition) is 3. The van der Waals surface area contributed by atoms with Gasteiger partial charge in [0.1, 0.15) is 0 Å². The number of sulfonamides is 1. The van der Waals surface area contributed by atoms with Crippen molar-refractivity contribution < 1.29 is 13.2 Å². The number of amides is 1. The first-order chi connectivity index (χ1) is 11.8. The fourth-order valence-electron chi connectivity index (χ4n) is 3.21. The molecule has 1 aromatic carbocycles. The van der Waals surface area contributed by atoms with Gasteiger partial charge in [-0.25, -0.2) is 8.42 Å². The Kier molecular flexibility index (Phi) is 7.02. The number of hydrogen-bond donors (Lipinski definition) is 1. The topological polar surface area (TPSA) is 66.5 Å². The second-order valence-electron chi connectivity index (χ2n) is 7.37. The molecule has 1 saturated heterocycles. The second-order valence-corrected chi connectivity index (χ2v) is 9.28. The molecule has 5 nitrogen and oxygen atoms in total. The number of nitrogens with one attached hydrogen (secondary N) is 1. The average molecular weight is 367 g/mol. The Bertz CT molecular complexity index is 686. The van der Waals surface area contributed by atoms with Crippen LogP contribution in [0, 0.1) is 18.8 Å². The summed E-state index contributed by atoms with van der Waals surface area (Å²) < 4.78 is 27.4. The van der Waals surface area contributed by atoms with Gasteiger partial charge in [0.25, 0.3) is 0 Å². The Labute approximate surface area is 151 Å². The van der Waals surface area contributed by atoms with Gasteiger partial charge in [0, 0.05) is 26.1 Å². The molecule has 0 aliphatic carbocycles. The molecule has 0 radical (unpaired) electrons. The third-order valence-electron chi connectivity index (χ3n) is 4.68. The third-order valence-corrected chi connectivity index (χ3v) is 6.71. The minimum absolute atomic E-state index is 0.0626. The van der Waals surface area contributed by atoms with Gasteiger partial charge in [0.2, 0.25) is 15.9 Å². The molecule has 1 aliphatic rings. The van der Waals surface area contributed by atoms with Gasteiger partial charge >= 0.3 is 0 Å². The zero-order valence-electron chi connectivity index (χ0n) is 15.5. The SMILES string of the molecule is Cc1ccccc1S(=O)(=O)N1CCCC(CCC(=O)NCC(C)C)C1. The summed E-state index contributed by atoms with van der Waals surface area (Å²) in [5.41, 5.74) is 0.776. The molecule has 0 spiro atoms. The smallest absolute Gasteiger partial charge is 0.243 e. The van der Waals surface area contributed by atoms with Crippen molar-refractivity contribution in [2.45, 2.75) is 51.3 Å². The van der Waals surface area contributed by atoms with E-state index in [9.17, 15) is 13.2 Å². The van der Waals surface area contributed by atoms with Crippen molar-refractivity contribution >= 4 is 15.9 Å². The zero-order valence-corrected chi connectivity index (χ0v) is 16.3. The molecule has 1 aliphatic heterocycles. The first-order valence-electron chi connectivity index (χ1n) is 9.13. The molecule has 25 heavy (non-hydrogen) atoms. The monoisotopic (exact) mass is 366 g/mol. The van der Waals surface area contributed by atoms with E-state index in [1.54, 1.807) is 16.4 Å². The summed E-state index contributed by atoms with van der Waals surface area (Å²) >= 11 is 0. The lowest BCUT2D eigenvalue weighted by Gasteiger charge is -2.32. The van der Waals surface area contributed by atoms with Crippen LogP contribution in [-0.2, 0) is 14.8 Å². The Morgan fingerprint density at radius 3 is 2.72 bits per heavy atom. The van der Waals surface area contributed by atoms with Crippen LogP contribution >= 0.6 is 0 Å². The summed E-state index contributed by atoms with van der Waals surface area (Å²) in [6, 6.07) is 7.12. The maximum atomic E-state index is 12.9. The minimum atomic E-state index is -3.45. The lowest BCUT2D eigenvalue weighted by atomic mass is 9.94. The standard InChI is InChI=1S/C19H30N2O3S/c1-15(2)13-20-19(22)11-10-17-8-6-12-21(14-17)25(23,24)18-9-5-4-7-16(18)3/h4-5,7,9,15,17H,6,8,10-14H2,1-3H3,(H,20,22). The summed E-state index contributed by atoms with van der Waals surface area (Å²) in [4.78, 5) is 12.3. The summed E-state index contributed by atoms with van der Waals surface area (Å²) in [6.45, 7) is 7.72. The third kappa shape index (κ3) is 5.54.